The molecule has 10 heteroatoms. The second-order valence-corrected chi connectivity index (χ2v) is 8.29. The van der Waals surface area contributed by atoms with E-state index in [0.29, 0.717) is 24.3 Å². The number of sulfonamides is 1. The van der Waals surface area contributed by atoms with E-state index in [9.17, 15) is 18.0 Å². The van der Waals surface area contributed by atoms with Crippen molar-refractivity contribution in [1.29, 1.82) is 0 Å². The number of hydrogen-bond acceptors (Lipinski definition) is 5. The molecule has 27 heavy (non-hydrogen) atoms. The van der Waals surface area contributed by atoms with Crippen LogP contribution in [0.4, 0.5) is 5.69 Å². The van der Waals surface area contributed by atoms with Crippen LogP contribution in [0.25, 0.3) is 0 Å². The van der Waals surface area contributed by atoms with Crippen LogP contribution in [-0.2, 0) is 31.9 Å². The summed E-state index contributed by atoms with van der Waals surface area (Å²) >= 11 is 0. The SMILES string of the molecule is CNS(=O)(=O)Cc1ccc(CNC(=O)[C@H]2CC(=O)N(c3cn[nH]c3)C2)cc1. The van der Waals surface area contributed by atoms with Crippen LogP contribution in [0.1, 0.15) is 17.5 Å². The monoisotopic (exact) mass is 391 g/mol. The van der Waals surface area contributed by atoms with Gasteiger partial charge in [0, 0.05) is 25.7 Å². The zero-order valence-electron chi connectivity index (χ0n) is 14.8. The molecule has 0 bridgehead atoms. The highest BCUT2D eigenvalue weighted by molar-refractivity contribution is 7.88. The molecule has 1 aliphatic heterocycles. The lowest BCUT2D eigenvalue weighted by Crippen LogP contribution is -2.32. The van der Waals surface area contributed by atoms with E-state index in [2.05, 4.69) is 20.2 Å². The van der Waals surface area contributed by atoms with Crippen molar-refractivity contribution in [2.24, 2.45) is 5.92 Å². The van der Waals surface area contributed by atoms with Gasteiger partial charge in [-0.25, -0.2) is 13.1 Å². The smallest absolute Gasteiger partial charge is 0.227 e. The molecule has 0 radical (unpaired) electrons. The average molecular weight is 391 g/mol. The second kappa shape index (κ2) is 7.89. The standard InChI is InChI=1S/C17H21N5O4S/c1-18-27(25,26)11-13-4-2-12(3-5-13)7-19-17(24)14-6-16(23)22(10-14)15-8-20-21-9-15/h2-5,8-9,14,18H,6-7,10-11H2,1H3,(H,19,24)(H,20,21)/t14-/m0/s1. The van der Waals surface area contributed by atoms with Crippen molar-refractivity contribution < 1.29 is 18.0 Å². The molecule has 0 unspecified atom stereocenters. The molecule has 1 aliphatic rings. The Balaban J connectivity index is 1.53. The van der Waals surface area contributed by atoms with E-state index in [-0.39, 0.29) is 24.0 Å². The van der Waals surface area contributed by atoms with Crippen molar-refractivity contribution in [2.75, 3.05) is 18.5 Å². The number of H-pyrrole nitrogens is 1. The number of rotatable bonds is 7. The van der Waals surface area contributed by atoms with Gasteiger partial charge in [0.2, 0.25) is 21.8 Å². The van der Waals surface area contributed by atoms with Crippen LogP contribution in [0.3, 0.4) is 0 Å². The topological polar surface area (TPSA) is 124 Å². The van der Waals surface area contributed by atoms with E-state index in [1.54, 1.807) is 41.6 Å². The number of nitrogens with zero attached hydrogens (tertiary/aromatic N) is 2. The third kappa shape index (κ3) is 4.72. The van der Waals surface area contributed by atoms with Crippen LogP contribution in [0.2, 0.25) is 0 Å². The van der Waals surface area contributed by atoms with Crippen LogP contribution < -0.4 is 14.9 Å². The van der Waals surface area contributed by atoms with Crippen LogP contribution >= 0.6 is 0 Å². The van der Waals surface area contributed by atoms with E-state index in [1.165, 1.54) is 7.05 Å². The Morgan fingerprint density at radius 1 is 1.30 bits per heavy atom. The van der Waals surface area contributed by atoms with Gasteiger partial charge in [0.15, 0.2) is 0 Å². The maximum atomic E-state index is 12.4. The third-order valence-electron chi connectivity index (χ3n) is 4.45. The van der Waals surface area contributed by atoms with Crippen molar-refractivity contribution in [3.8, 4) is 0 Å². The molecule has 1 atom stereocenters. The number of aromatic amines is 1. The van der Waals surface area contributed by atoms with Crippen molar-refractivity contribution in [1.82, 2.24) is 20.2 Å². The first-order chi connectivity index (χ1) is 12.9. The summed E-state index contributed by atoms with van der Waals surface area (Å²) in [6, 6.07) is 6.99. The fraction of sp³-hybridized carbons (Fsp3) is 0.353. The normalized spacial score (nSPS) is 17.3. The minimum atomic E-state index is -3.31. The molecule has 1 saturated heterocycles. The second-order valence-electron chi connectivity index (χ2n) is 6.36. The van der Waals surface area contributed by atoms with E-state index >= 15 is 0 Å². The molecule has 9 nitrogen and oxygen atoms in total. The first-order valence-electron chi connectivity index (χ1n) is 8.44. The molecular weight excluding hydrogens is 370 g/mol. The lowest BCUT2D eigenvalue weighted by Gasteiger charge is -2.14. The van der Waals surface area contributed by atoms with E-state index in [0.717, 1.165) is 5.56 Å². The summed E-state index contributed by atoms with van der Waals surface area (Å²) in [6.45, 7) is 0.638. The average Bonchev–Trinajstić information content (AvgIpc) is 3.30. The van der Waals surface area contributed by atoms with Gasteiger partial charge >= 0.3 is 0 Å². The maximum absolute atomic E-state index is 12.4. The summed E-state index contributed by atoms with van der Waals surface area (Å²) in [5, 5.41) is 9.31. The zero-order chi connectivity index (χ0) is 19.4. The fourth-order valence-corrected chi connectivity index (χ4v) is 3.68. The molecule has 2 amide bonds. The third-order valence-corrected chi connectivity index (χ3v) is 5.78. The number of amides is 2. The number of nitrogens with one attached hydrogen (secondary N) is 3. The molecule has 1 aromatic heterocycles. The Hall–Kier alpha value is -2.72. The van der Waals surface area contributed by atoms with E-state index in [1.807, 2.05) is 0 Å². The van der Waals surface area contributed by atoms with Crippen LogP contribution in [0, 0.1) is 5.92 Å². The Morgan fingerprint density at radius 3 is 2.63 bits per heavy atom. The summed E-state index contributed by atoms with van der Waals surface area (Å²) < 4.78 is 25.4. The number of carbonyl (C=O) groups is 2. The quantitative estimate of drug-likeness (QED) is 0.619. The van der Waals surface area contributed by atoms with Gasteiger partial charge in [-0.05, 0) is 18.2 Å². The Bertz CT molecular complexity index is 909. The Labute approximate surface area is 157 Å². The molecule has 2 heterocycles. The van der Waals surface area contributed by atoms with Crippen LogP contribution in [0.5, 0.6) is 0 Å². The van der Waals surface area contributed by atoms with E-state index in [4.69, 9.17) is 0 Å². The molecule has 3 N–H and O–H groups in total. The van der Waals surface area contributed by atoms with Crippen molar-refractivity contribution in [2.45, 2.75) is 18.7 Å². The van der Waals surface area contributed by atoms with Gasteiger partial charge in [0.1, 0.15) is 0 Å². The predicted molar refractivity (Wildman–Crippen MR) is 99.0 cm³/mol. The molecule has 2 aromatic rings. The molecule has 1 fully saturated rings. The number of aromatic nitrogens is 2. The lowest BCUT2D eigenvalue weighted by atomic mass is 10.1. The van der Waals surface area contributed by atoms with Gasteiger partial charge < -0.3 is 10.2 Å². The maximum Gasteiger partial charge on any atom is 0.227 e. The first-order valence-corrected chi connectivity index (χ1v) is 10.1. The molecule has 144 valence electrons. The minimum Gasteiger partial charge on any atom is -0.352 e. The molecule has 1 aromatic carbocycles. The van der Waals surface area contributed by atoms with Gasteiger partial charge in [-0.1, -0.05) is 24.3 Å². The Kier molecular flexibility index (Phi) is 5.57. The van der Waals surface area contributed by atoms with Crippen molar-refractivity contribution in [3.05, 3.63) is 47.8 Å². The lowest BCUT2D eigenvalue weighted by molar-refractivity contribution is -0.126. The van der Waals surface area contributed by atoms with E-state index < -0.39 is 15.9 Å². The highest BCUT2D eigenvalue weighted by Gasteiger charge is 2.35. The summed E-state index contributed by atoms with van der Waals surface area (Å²) in [6.07, 6.45) is 3.33. The summed E-state index contributed by atoms with van der Waals surface area (Å²) in [4.78, 5) is 26.0. The van der Waals surface area contributed by atoms with Crippen LogP contribution in [0.15, 0.2) is 36.7 Å². The van der Waals surface area contributed by atoms with Crippen LogP contribution in [-0.4, -0.2) is 44.0 Å². The predicted octanol–water partition coefficient (Wildman–Crippen LogP) is 0.128. The molecular formula is C17H21N5O4S. The number of benzene rings is 1. The number of carbonyl (C=O) groups excluding carboxylic acids is 2. The fourth-order valence-electron chi connectivity index (χ4n) is 2.90. The summed E-state index contributed by atoms with van der Waals surface area (Å²) in [7, 11) is -1.94. The zero-order valence-corrected chi connectivity index (χ0v) is 15.6. The first kappa shape index (κ1) is 19.1. The summed E-state index contributed by atoms with van der Waals surface area (Å²) in [5.41, 5.74) is 2.17. The number of hydrogen-bond donors (Lipinski definition) is 3. The van der Waals surface area contributed by atoms with Gasteiger partial charge in [0.05, 0.1) is 23.6 Å². The molecule has 0 saturated carbocycles. The van der Waals surface area contributed by atoms with Gasteiger partial charge in [0.25, 0.3) is 0 Å². The summed E-state index contributed by atoms with van der Waals surface area (Å²) in [5.74, 6) is -0.792. The molecule has 0 aliphatic carbocycles. The highest BCUT2D eigenvalue weighted by atomic mass is 32.2. The Morgan fingerprint density at radius 2 is 2.00 bits per heavy atom. The largest absolute Gasteiger partial charge is 0.352 e. The molecule has 0 spiro atoms. The molecule has 3 rings (SSSR count). The van der Waals surface area contributed by atoms with Crippen molar-refractivity contribution >= 4 is 27.5 Å². The van der Waals surface area contributed by atoms with Gasteiger partial charge in [-0.3, -0.25) is 14.7 Å². The van der Waals surface area contributed by atoms with Crippen molar-refractivity contribution in [3.63, 3.8) is 0 Å². The highest BCUT2D eigenvalue weighted by Crippen LogP contribution is 2.24. The van der Waals surface area contributed by atoms with Gasteiger partial charge in [-0.2, -0.15) is 5.10 Å². The van der Waals surface area contributed by atoms with Gasteiger partial charge in [-0.15, -0.1) is 0 Å². The number of anilines is 1. The minimum absolute atomic E-state index is 0.0931.